The fourth-order valence-electron chi connectivity index (χ4n) is 3.89. The van der Waals surface area contributed by atoms with Crippen LogP contribution in [0.1, 0.15) is 25.7 Å². The van der Waals surface area contributed by atoms with Gasteiger partial charge in [0.2, 0.25) is 0 Å². The van der Waals surface area contributed by atoms with Crippen molar-refractivity contribution in [1.29, 1.82) is 0 Å². The number of likely N-dealkylation sites (tertiary alicyclic amines) is 1. The molecule has 1 amide bonds. The normalized spacial score (nSPS) is 20.0. The lowest BCUT2D eigenvalue weighted by Crippen LogP contribution is -3.16. The van der Waals surface area contributed by atoms with E-state index in [0.29, 0.717) is 12.5 Å². The van der Waals surface area contributed by atoms with E-state index in [1.54, 1.807) is 17.7 Å². The molecule has 2 aliphatic heterocycles. The van der Waals surface area contributed by atoms with Crippen molar-refractivity contribution < 1.29 is 9.69 Å². The summed E-state index contributed by atoms with van der Waals surface area (Å²) in [5.74, 6) is 1.39. The third kappa shape index (κ3) is 3.77. The lowest BCUT2D eigenvalue weighted by molar-refractivity contribution is -0.892. The van der Waals surface area contributed by atoms with E-state index in [9.17, 15) is 4.79 Å². The van der Waals surface area contributed by atoms with Crippen LogP contribution in [0.15, 0.2) is 17.8 Å². The number of carbonyl (C=O) groups excluding carboxylic acids is 1. The smallest absolute Gasteiger partial charge is 0.277 e. The Kier molecular flexibility index (Phi) is 5.12. The minimum Gasteiger partial charge on any atom is -0.345 e. The molecule has 0 aromatic carbocycles. The first-order valence-corrected chi connectivity index (χ1v) is 10.2. The maximum absolute atomic E-state index is 12.6. The van der Waals surface area contributed by atoms with Gasteiger partial charge in [-0.05, 0) is 24.3 Å². The van der Waals surface area contributed by atoms with Gasteiger partial charge in [0.15, 0.2) is 6.54 Å². The lowest BCUT2D eigenvalue weighted by atomic mass is 10.2. The molecule has 1 N–H and O–H groups in total. The van der Waals surface area contributed by atoms with E-state index in [4.69, 9.17) is 0 Å². The van der Waals surface area contributed by atoms with E-state index < -0.39 is 0 Å². The van der Waals surface area contributed by atoms with Crippen molar-refractivity contribution in [3.63, 3.8) is 0 Å². The first kappa shape index (κ1) is 16.7. The Morgan fingerprint density at radius 1 is 1.08 bits per heavy atom. The number of carbonyl (C=O) groups is 1. The maximum atomic E-state index is 12.6. The highest BCUT2D eigenvalue weighted by molar-refractivity contribution is 7.16. The number of quaternary nitrogens is 1. The highest BCUT2D eigenvalue weighted by Crippen LogP contribution is 2.26. The zero-order chi connectivity index (χ0) is 17.1. The van der Waals surface area contributed by atoms with Crippen LogP contribution in [0.4, 0.5) is 5.82 Å². The molecule has 0 radical (unpaired) electrons. The molecule has 0 aliphatic carbocycles. The number of piperazine rings is 1. The van der Waals surface area contributed by atoms with Crippen LogP contribution in [0.5, 0.6) is 0 Å². The topological polar surface area (TPSA) is 53.8 Å². The van der Waals surface area contributed by atoms with Gasteiger partial charge in [-0.25, -0.2) is 9.97 Å². The molecule has 4 heterocycles. The molecule has 2 aromatic heterocycles. The van der Waals surface area contributed by atoms with Gasteiger partial charge >= 0.3 is 0 Å². The molecule has 134 valence electrons. The average molecular weight is 361 g/mol. The predicted molar refractivity (Wildman–Crippen MR) is 100 cm³/mol. The third-order valence-corrected chi connectivity index (χ3v) is 6.19. The van der Waals surface area contributed by atoms with E-state index in [-0.39, 0.29) is 0 Å². The number of aromatic nitrogens is 2. The van der Waals surface area contributed by atoms with Gasteiger partial charge in [-0.1, -0.05) is 12.8 Å². The van der Waals surface area contributed by atoms with Gasteiger partial charge in [-0.2, -0.15) is 0 Å². The number of anilines is 1. The van der Waals surface area contributed by atoms with Crippen LogP contribution < -0.4 is 9.80 Å². The van der Waals surface area contributed by atoms with E-state index in [1.807, 2.05) is 0 Å². The van der Waals surface area contributed by atoms with Gasteiger partial charge in [0.1, 0.15) is 17.0 Å². The number of amides is 1. The second-order valence-electron chi connectivity index (χ2n) is 7.05. The minimum atomic E-state index is 0.340. The molecule has 2 fully saturated rings. The Labute approximate surface area is 152 Å². The highest BCUT2D eigenvalue weighted by Gasteiger charge is 2.26. The van der Waals surface area contributed by atoms with Crippen LogP contribution in [0.25, 0.3) is 10.2 Å². The van der Waals surface area contributed by atoms with Gasteiger partial charge in [-0.15, -0.1) is 11.3 Å². The summed E-state index contributed by atoms with van der Waals surface area (Å²) < 4.78 is 0. The zero-order valence-electron chi connectivity index (χ0n) is 14.6. The molecule has 7 heteroatoms. The van der Waals surface area contributed by atoms with Crippen molar-refractivity contribution in [2.75, 3.05) is 50.7 Å². The number of nitrogens with one attached hydrogen (secondary N) is 1. The number of thiophene rings is 1. The molecule has 2 aromatic rings. The van der Waals surface area contributed by atoms with Gasteiger partial charge in [0, 0.05) is 13.1 Å². The summed E-state index contributed by atoms with van der Waals surface area (Å²) in [5, 5.41) is 3.22. The molecular formula is C18H26N5OS+. The number of nitrogens with zero attached hydrogens (tertiary/aromatic N) is 4. The first-order valence-electron chi connectivity index (χ1n) is 9.36. The number of fused-ring (bicyclic) bond motifs is 1. The molecule has 0 spiro atoms. The van der Waals surface area contributed by atoms with Crippen LogP contribution >= 0.6 is 11.3 Å². The predicted octanol–water partition coefficient (Wildman–Crippen LogP) is 0.799. The Bertz CT molecular complexity index is 717. The van der Waals surface area contributed by atoms with E-state index >= 15 is 0 Å². The van der Waals surface area contributed by atoms with Crippen molar-refractivity contribution in [2.24, 2.45) is 0 Å². The molecule has 25 heavy (non-hydrogen) atoms. The quantitative estimate of drug-likeness (QED) is 0.880. The number of rotatable bonds is 3. The largest absolute Gasteiger partial charge is 0.345 e. The molecule has 0 unspecified atom stereocenters. The van der Waals surface area contributed by atoms with Crippen LogP contribution in [-0.2, 0) is 4.79 Å². The first-order chi connectivity index (χ1) is 12.3. The summed E-state index contributed by atoms with van der Waals surface area (Å²) in [6.07, 6.45) is 6.53. The molecule has 2 aliphatic rings. The molecular weight excluding hydrogens is 334 g/mol. The molecule has 4 rings (SSSR count). The Morgan fingerprint density at radius 2 is 1.84 bits per heavy atom. The summed E-state index contributed by atoms with van der Waals surface area (Å²) in [4.78, 5) is 28.3. The summed E-state index contributed by atoms with van der Waals surface area (Å²) in [5.41, 5.74) is 0. The summed E-state index contributed by atoms with van der Waals surface area (Å²) >= 11 is 1.66. The SMILES string of the molecule is O=C(C[NH+]1CCN(c2ncnc3sccc23)CC1)N1CCCCCC1. The van der Waals surface area contributed by atoms with E-state index in [2.05, 4.69) is 31.2 Å². The van der Waals surface area contributed by atoms with Crippen molar-refractivity contribution in [1.82, 2.24) is 14.9 Å². The third-order valence-electron chi connectivity index (χ3n) is 5.37. The standard InChI is InChI=1S/C18H25N5OS/c24-16(22-6-3-1-2-4-7-22)13-21-8-10-23(11-9-21)17-15-5-12-25-18(15)20-14-19-17/h5,12,14H,1-4,6-11,13H2/p+1. The number of hydrogen-bond acceptors (Lipinski definition) is 5. The Morgan fingerprint density at radius 3 is 2.60 bits per heavy atom. The minimum absolute atomic E-state index is 0.340. The number of hydrogen-bond donors (Lipinski definition) is 1. The molecule has 0 saturated carbocycles. The van der Waals surface area contributed by atoms with Crippen molar-refractivity contribution in [2.45, 2.75) is 25.7 Å². The maximum Gasteiger partial charge on any atom is 0.277 e. The summed E-state index contributed by atoms with van der Waals surface area (Å²) in [6, 6.07) is 2.11. The monoisotopic (exact) mass is 360 g/mol. The van der Waals surface area contributed by atoms with Crippen LogP contribution in [0.2, 0.25) is 0 Å². The fourth-order valence-corrected chi connectivity index (χ4v) is 4.61. The Balaban J connectivity index is 1.34. The molecule has 6 nitrogen and oxygen atoms in total. The molecule has 0 atom stereocenters. The van der Waals surface area contributed by atoms with Crippen molar-refractivity contribution in [3.8, 4) is 0 Å². The van der Waals surface area contributed by atoms with Crippen molar-refractivity contribution in [3.05, 3.63) is 17.8 Å². The van der Waals surface area contributed by atoms with Crippen LogP contribution in [0, 0.1) is 0 Å². The summed E-state index contributed by atoms with van der Waals surface area (Å²) in [6.45, 7) is 6.44. The van der Waals surface area contributed by atoms with Gasteiger partial charge in [0.05, 0.1) is 31.6 Å². The van der Waals surface area contributed by atoms with Gasteiger partial charge in [0.25, 0.3) is 5.91 Å². The van der Waals surface area contributed by atoms with E-state index in [1.165, 1.54) is 30.6 Å². The second kappa shape index (κ2) is 7.66. The summed E-state index contributed by atoms with van der Waals surface area (Å²) in [7, 11) is 0. The van der Waals surface area contributed by atoms with Gasteiger partial charge < -0.3 is 14.7 Å². The zero-order valence-corrected chi connectivity index (χ0v) is 15.4. The van der Waals surface area contributed by atoms with Crippen LogP contribution in [0.3, 0.4) is 0 Å². The highest BCUT2D eigenvalue weighted by atomic mass is 32.1. The Hall–Kier alpha value is -1.73. The van der Waals surface area contributed by atoms with Gasteiger partial charge in [-0.3, -0.25) is 4.79 Å². The lowest BCUT2D eigenvalue weighted by Gasteiger charge is -2.33. The van der Waals surface area contributed by atoms with Crippen molar-refractivity contribution >= 4 is 33.3 Å². The van der Waals surface area contributed by atoms with Crippen LogP contribution in [-0.4, -0.2) is 66.6 Å². The fraction of sp³-hybridized carbons (Fsp3) is 0.611. The average Bonchev–Trinajstić information content (AvgIpc) is 2.95. The second-order valence-corrected chi connectivity index (χ2v) is 7.94. The van der Waals surface area contributed by atoms with E-state index in [0.717, 1.165) is 55.3 Å². The molecule has 2 saturated heterocycles. The molecule has 0 bridgehead atoms.